The van der Waals surface area contributed by atoms with E-state index in [0.29, 0.717) is 30.3 Å². The maximum absolute atomic E-state index is 5.97. The number of nitrogen functional groups attached to an aromatic ring is 1. The number of nitrogens with zero attached hydrogens (tertiary/aromatic N) is 5. The first kappa shape index (κ1) is 19.2. The van der Waals surface area contributed by atoms with Crippen LogP contribution in [0.1, 0.15) is 18.4 Å². The van der Waals surface area contributed by atoms with Crippen molar-refractivity contribution in [2.45, 2.75) is 25.3 Å². The van der Waals surface area contributed by atoms with E-state index in [-0.39, 0.29) is 0 Å². The maximum Gasteiger partial charge on any atom is 0.246 e. The Morgan fingerprint density at radius 2 is 2.00 bits per heavy atom. The molecule has 1 aliphatic heterocycles. The Balaban J connectivity index is 1.60. The highest BCUT2D eigenvalue weighted by Gasteiger charge is 2.26. The van der Waals surface area contributed by atoms with Crippen LogP contribution in [0.3, 0.4) is 0 Å². The van der Waals surface area contributed by atoms with E-state index in [9.17, 15) is 0 Å². The molecule has 1 saturated heterocycles. The molecule has 0 amide bonds. The largest absolute Gasteiger partial charge is 0.385 e. The van der Waals surface area contributed by atoms with Crippen molar-refractivity contribution in [3.05, 3.63) is 34.9 Å². The molecule has 3 rings (SSSR count). The van der Waals surface area contributed by atoms with Crippen LogP contribution in [0.4, 0.5) is 11.9 Å². The van der Waals surface area contributed by atoms with Crippen molar-refractivity contribution >= 4 is 29.3 Å². The Hall–Kier alpha value is -2.52. The van der Waals surface area contributed by atoms with Crippen LogP contribution in [0.2, 0.25) is 5.02 Å². The maximum atomic E-state index is 5.97. The summed E-state index contributed by atoms with van der Waals surface area (Å²) in [6.07, 6.45) is 2.87. The number of benzene rings is 1. The third-order valence-electron chi connectivity index (χ3n) is 4.89. The first-order valence-corrected chi connectivity index (χ1v) is 9.36. The van der Waals surface area contributed by atoms with Crippen LogP contribution in [0.15, 0.2) is 29.4 Å². The molecule has 27 heavy (non-hydrogen) atoms. The molecular weight excluding hydrogens is 366 g/mol. The predicted octanol–water partition coefficient (Wildman–Crippen LogP) is 0.785. The molecule has 2 aromatic rings. The third-order valence-corrected chi connectivity index (χ3v) is 5.14. The first-order chi connectivity index (χ1) is 13.0. The fraction of sp³-hybridized carbons (Fsp3) is 0.471. The third kappa shape index (κ3) is 5.24. The molecule has 1 aliphatic rings. The molecule has 7 N–H and O–H groups in total. The molecule has 0 atom stereocenters. The van der Waals surface area contributed by atoms with Crippen LogP contribution in [-0.2, 0) is 6.42 Å². The lowest BCUT2D eigenvalue weighted by molar-refractivity contribution is 0.193. The average Bonchev–Trinajstić information content (AvgIpc) is 3.12. The molecule has 0 radical (unpaired) electrons. The number of aromatic nitrogens is 3. The van der Waals surface area contributed by atoms with Crippen molar-refractivity contribution < 1.29 is 0 Å². The van der Waals surface area contributed by atoms with Gasteiger partial charge in [-0.1, -0.05) is 23.7 Å². The summed E-state index contributed by atoms with van der Waals surface area (Å²) in [6, 6.07) is 8.33. The summed E-state index contributed by atoms with van der Waals surface area (Å²) in [5, 5.41) is 11.2. The van der Waals surface area contributed by atoms with Gasteiger partial charge in [0.1, 0.15) is 5.84 Å². The number of H-pyrrole nitrogens is 1. The minimum Gasteiger partial charge on any atom is -0.385 e. The van der Waals surface area contributed by atoms with Crippen LogP contribution < -0.4 is 22.2 Å². The van der Waals surface area contributed by atoms with Crippen LogP contribution in [0.25, 0.3) is 0 Å². The van der Waals surface area contributed by atoms with Gasteiger partial charge in [-0.2, -0.15) is 10.1 Å². The molecule has 0 unspecified atom stereocenters. The van der Waals surface area contributed by atoms with E-state index in [1.54, 1.807) is 0 Å². The standard InChI is InChI=1S/C17H26ClN9/c18-13-3-1-12(2-4-13)5-8-27(11-15(19)23-21)14-6-9-26(10-7-14)17-22-16(20)24-25-17/h1-4,14H,5-11,21H2,(H2,19,23)(H3,20,22,24,25). The number of hydrazone groups is 1. The lowest BCUT2D eigenvalue weighted by Crippen LogP contribution is -2.48. The molecule has 146 valence electrons. The number of rotatable bonds is 7. The lowest BCUT2D eigenvalue weighted by Gasteiger charge is -2.38. The van der Waals surface area contributed by atoms with Crippen molar-refractivity contribution in [1.29, 1.82) is 0 Å². The van der Waals surface area contributed by atoms with Gasteiger partial charge >= 0.3 is 0 Å². The normalized spacial score (nSPS) is 16.2. The Morgan fingerprint density at radius 1 is 1.30 bits per heavy atom. The van der Waals surface area contributed by atoms with Crippen LogP contribution >= 0.6 is 11.6 Å². The van der Waals surface area contributed by atoms with Gasteiger partial charge in [0, 0.05) is 30.7 Å². The van der Waals surface area contributed by atoms with Crippen molar-refractivity contribution in [2.75, 3.05) is 36.8 Å². The summed E-state index contributed by atoms with van der Waals surface area (Å²) in [7, 11) is 0. The minimum absolute atomic E-state index is 0.337. The fourth-order valence-electron chi connectivity index (χ4n) is 3.40. The van der Waals surface area contributed by atoms with Crippen LogP contribution in [-0.4, -0.2) is 58.1 Å². The minimum atomic E-state index is 0.337. The first-order valence-electron chi connectivity index (χ1n) is 8.98. The van der Waals surface area contributed by atoms with Gasteiger partial charge in [0.2, 0.25) is 11.9 Å². The van der Waals surface area contributed by atoms with E-state index in [1.807, 2.05) is 12.1 Å². The lowest BCUT2D eigenvalue weighted by atomic mass is 10.0. The molecule has 0 bridgehead atoms. The van der Waals surface area contributed by atoms with Gasteiger partial charge in [-0.05, 0) is 37.0 Å². The molecular formula is C17H26ClN9. The molecule has 1 fully saturated rings. The monoisotopic (exact) mass is 391 g/mol. The van der Waals surface area contributed by atoms with Crippen molar-refractivity contribution in [3.8, 4) is 0 Å². The fourth-order valence-corrected chi connectivity index (χ4v) is 3.53. The van der Waals surface area contributed by atoms with Gasteiger partial charge in [0.05, 0.1) is 6.54 Å². The molecule has 0 spiro atoms. The Labute approximate surface area is 163 Å². The smallest absolute Gasteiger partial charge is 0.246 e. The molecule has 9 nitrogen and oxygen atoms in total. The van der Waals surface area contributed by atoms with Crippen molar-refractivity contribution in [1.82, 2.24) is 20.1 Å². The van der Waals surface area contributed by atoms with Gasteiger partial charge in [-0.15, -0.1) is 5.10 Å². The number of anilines is 2. The number of hydrogen-bond donors (Lipinski definition) is 4. The van der Waals surface area contributed by atoms with Crippen LogP contribution in [0, 0.1) is 0 Å². The quantitative estimate of drug-likeness (QED) is 0.237. The molecule has 10 heteroatoms. The summed E-state index contributed by atoms with van der Waals surface area (Å²) >= 11 is 5.97. The van der Waals surface area contributed by atoms with E-state index in [2.05, 4.69) is 42.2 Å². The zero-order valence-electron chi connectivity index (χ0n) is 15.2. The highest BCUT2D eigenvalue weighted by Crippen LogP contribution is 2.21. The highest BCUT2D eigenvalue weighted by atomic mass is 35.5. The molecule has 0 saturated carbocycles. The Kier molecular flexibility index (Phi) is 6.36. The second-order valence-corrected chi connectivity index (χ2v) is 7.14. The van der Waals surface area contributed by atoms with Crippen molar-refractivity contribution in [2.24, 2.45) is 16.7 Å². The topological polar surface area (TPSA) is 138 Å². The molecule has 2 heterocycles. The zero-order chi connectivity index (χ0) is 19.2. The second kappa shape index (κ2) is 8.92. The highest BCUT2D eigenvalue weighted by molar-refractivity contribution is 6.30. The molecule has 0 aliphatic carbocycles. The van der Waals surface area contributed by atoms with E-state index in [0.717, 1.165) is 43.9 Å². The Bertz CT molecular complexity index is 750. The summed E-state index contributed by atoms with van der Waals surface area (Å²) in [4.78, 5) is 8.70. The van der Waals surface area contributed by atoms with Gasteiger partial charge in [0.15, 0.2) is 0 Å². The number of nitrogens with two attached hydrogens (primary N) is 3. The van der Waals surface area contributed by atoms with Gasteiger partial charge in [-0.3, -0.25) is 4.90 Å². The predicted molar refractivity (Wildman–Crippen MR) is 109 cm³/mol. The SMILES string of the molecule is NN=C(N)CN(CCc1ccc(Cl)cc1)C1CCN(c2n[nH]c(N)n2)CC1. The number of nitrogens with one attached hydrogen (secondary N) is 1. The van der Waals surface area contributed by atoms with Gasteiger partial charge in [-0.25, -0.2) is 5.10 Å². The molecule has 1 aromatic heterocycles. The second-order valence-electron chi connectivity index (χ2n) is 6.71. The number of hydrogen-bond acceptors (Lipinski definition) is 7. The van der Waals surface area contributed by atoms with Gasteiger partial charge in [0.25, 0.3) is 0 Å². The van der Waals surface area contributed by atoms with E-state index in [4.69, 9.17) is 28.9 Å². The number of piperidine rings is 1. The van der Waals surface area contributed by atoms with Crippen molar-refractivity contribution in [3.63, 3.8) is 0 Å². The summed E-state index contributed by atoms with van der Waals surface area (Å²) in [5.74, 6) is 6.79. The van der Waals surface area contributed by atoms with E-state index in [1.165, 1.54) is 5.56 Å². The van der Waals surface area contributed by atoms with Gasteiger partial charge < -0.3 is 22.2 Å². The average molecular weight is 392 g/mol. The number of halogens is 1. The Morgan fingerprint density at radius 3 is 2.59 bits per heavy atom. The number of aromatic amines is 1. The summed E-state index contributed by atoms with van der Waals surface area (Å²) < 4.78 is 0. The summed E-state index contributed by atoms with van der Waals surface area (Å²) in [6.45, 7) is 3.15. The van der Waals surface area contributed by atoms with E-state index < -0.39 is 0 Å². The van der Waals surface area contributed by atoms with E-state index >= 15 is 0 Å². The summed E-state index contributed by atoms with van der Waals surface area (Å²) in [5.41, 5.74) is 12.8. The number of amidine groups is 1. The zero-order valence-corrected chi connectivity index (χ0v) is 15.9. The molecule has 1 aromatic carbocycles. The van der Waals surface area contributed by atoms with Crippen LogP contribution in [0.5, 0.6) is 0 Å².